The van der Waals surface area contributed by atoms with Crippen LogP contribution in [0.4, 0.5) is 13.2 Å². The molecule has 3 nitrogen and oxygen atoms in total. The highest BCUT2D eigenvalue weighted by molar-refractivity contribution is 7.80. The second kappa shape index (κ2) is 6.60. The van der Waals surface area contributed by atoms with Crippen molar-refractivity contribution in [1.29, 1.82) is 0 Å². The van der Waals surface area contributed by atoms with Gasteiger partial charge in [-0.3, -0.25) is 0 Å². The van der Waals surface area contributed by atoms with E-state index in [1.165, 1.54) is 0 Å². The Kier molecular flexibility index (Phi) is 5.03. The second-order valence-corrected chi connectivity index (χ2v) is 5.53. The summed E-state index contributed by atoms with van der Waals surface area (Å²) in [4.78, 5) is 4.55. The first-order chi connectivity index (χ1) is 9.87. The summed E-state index contributed by atoms with van der Waals surface area (Å²) in [5, 5.41) is 0. The molecular formula is C14H17F3N2OS. The Bertz CT molecular complexity index is 532. The van der Waals surface area contributed by atoms with Gasteiger partial charge in [-0.15, -0.1) is 0 Å². The predicted molar refractivity (Wildman–Crippen MR) is 77.6 cm³/mol. The number of alkyl halides is 3. The van der Waals surface area contributed by atoms with Crippen LogP contribution in [-0.4, -0.2) is 22.8 Å². The van der Waals surface area contributed by atoms with Gasteiger partial charge < -0.3 is 10.5 Å². The van der Waals surface area contributed by atoms with Gasteiger partial charge in [-0.1, -0.05) is 12.2 Å². The molecule has 0 saturated carbocycles. The average molecular weight is 318 g/mol. The van der Waals surface area contributed by atoms with Crippen LogP contribution in [-0.2, 0) is 12.8 Å². The van der Waals surface area contributed by atoms with E-state index in [1.54, 1.807) is 0 Å². The maximum atomic E-state index is 12.1. The fourth-order valence-corrected chi connectivity index (χ4v) is 2.49. The Morgan fingerprint density at radius 2 is 2.05 bits per heavy atom. The first kappa shape index (κ1) is 16.0. The lowest BCUT2D eigenvalue weighted by molar-refractivity contribution is -0.136. The summed E-state index contributed by atoms with van der Waals surface area (Å²) in [7, 11) is 0. The lowest BCUT2D eigenvalue weighted by atomic mass is 9.95. The van der Waals surface area contributed by atoms with Gasteiger partial charge in [0, 0.05) is 12.1 Å². The minimum atomic E-state index is -4.17. The molecule has 0 aliphatic heterocycles. The highest BCUT2D eigenvalue weighted by atomic mass is 32.1. The van der Waals surface area contributed by atoms with Crippen LogP contribution in [0.5, 0.6) is 5.88 Å². The zero-order chi connectivity index (χ0) is 15.5. The first-order valence-electron chi connectivity index (χ1n) is 6.89. The fourth-order valence-electron chi connectivity index (χ4n) is 2.34. The summed E-state index contributed by atoms with van der Waals surface area (Å²) in [6, 6.07) is 1.86. The molecule has 1 aliphatic carbocycles. The monoisotopic (exact) mass is 318 g/mol. The minimum absolute atomic E-state index is 0.0547. The third kappa shape index (κ3) is 4.56. The van der Waals surface area contributed by atoms with E-state index in [4.69, 9.17) is 22.7 Å². The highest BCUT2D eigenvalue weighted by Gasteiger charge is 2.26. The SMILES string of the molecule is NC(=S)c1cc2c(nc1OCCCC(F)(F)F)CCCC2. The van der Waals surface area contributed by atoms with Crippen molar-refractivity contribution in [3.63, 3.8) is 0 Å². The topological polar surface area (TPSA) is 48.1 Å². The summed E-state index contributed by atoms with van der Waals surface area (Å²) in [5.41, 5.74) is 8.20. The average Bonchev–Trinajstić information content (AvgIpc) is 2.41. The molecule has 2 N–H and O–H groups in total. The second-order valence-electron chi connectivity index (χ2n) is 5.09. The smallest absolute Gasteiger partial charge is 0.389 e. The lowest BCUT2D eigenvalue weighted by Gasteiger charge is -2.18. The molecule has 7 heteroatoms. The fraction of sp³-hybridized carbons (Fsp3) is 0.571. The molecular weight excluding hydrogens is 301 g/mol. The zero-order valence-electron chi connectivity index (χ0n) is 11.5. The van der Waals surface area contributed by atoms with E-state index in [1.807, 2.05) is 6.07 Å². The molecule has 0 fully saturated rings. The van der Waals surface area contributed by atoms with Crippen molar-refractivity contribution >= 4 is 17.2 Å². The molecule has 1 aliphatic rings. The first-order valence-corrected chi connectivity index (χ1v) is 7.30. The van der Waals surface area contributed by atoms with Crippen molar-refractivity contribution in [2.45, 2.75) is 44.7 Å². The minimum Gasteiger partial charge on any atom is -0.477 e. The molecule has 116 valence electrons. The van der Waals surface area contributed by atoms with Gasteiger partial charge in [0.2, 0.25) is 5.88 Å². The molecule has 0 atom stereocenters. The van der Waals surface area contributed by atoms with Crippen molar-refractivity contribution in [2.24, 2.45) is 5.73 Å². The number of aryl methyl sites for hydroxylation is 2. The van der Waals surface area contributed by atoms with Gasteiger partial charge in [-0.25, -0.2) is 4.98 Å². The number of aromatic nitrogens is 1. The third-order valence-corrected chi connectivity index (χ3v) is 3.59. The van der Waals surface area contributed by atoms with Crippen LogP contribution in [0.3, 0.4) is 0 Å². The number of rotatable bonds is 5. The molecule has 0 aromatic carbocycles. The molecule has 1 heterocycles. The summed E-state index contributed by atoms with van der Waals surface area (Å²) < 4.78 is 41.7. The Hall–Kier alpha value is -1.37. The van der Waals surface area contributed by atoms with E-state index < -0.39 is 12.6 Å². The van der Waals surface area contributed by atoms with Gasteiger partial charge >= 0.3 is 6.18 Å². The number of nitrogens with zero attached hydrogens (tertiary/aromatic N) is 1. The largest absolute Gasteiger partial charge is 0.477 e. The van der Waals surface area contributed by atoms with Gasteiger partial charge in [-0.2, -0.15) is 13.2 Å². The summed E-state index contributed by atoms with van der Waals surface area (Å²) in [6.07, 6.45) is -1.23. The molecule has 21 heavy (non-hydrogen) atoms. The van der Waals surface area contributed by atoms with Crippen molar-refractivity contribution in [2.75, 3.05) is 6.61 Å². The van der Waals surface area contributed by atoms with Crippen LogP contribution >= 0.6 is 12.2 Å². The van der Waals surface area contributed by atoms with Crippen LogP contribution in [0.15, 0.2) is 6.07 Å². The van der Waals surface area contributed by atoms with Gasteiger partial charge in [-0.05, 0) is 43.7 Å². The Labute approximate surface area is 126 Å². The van der Waals surface area contributed by atoms with Gasteiger partial charge in [0.25, 0.3) is 0 Å². The van der Waals surface area contributed by atoms with Crippen molar-refractivity contribution < 1.29 is 17.9 Å². The van der Waals surface area contributed by atoms with Crippen molar-refractivity contribution in [3.05, 3.63) is 22.9 Å². The van der Waals surface area contributed by atoms with Crippen molar-refractivity contribution in [3.8, 4) is 5.88 Å². The number of thiocarbonyl (C=S) groups is 1. The number of ether oxygens (including phenoxy) is 1. The molecule has 1 aromatic rings. The number of pyridine rings is 1. The van der Waals surface area contributed by atoms with E-state index in [0.29, 0.717) is 5.56 Å². The van der Waals surface area contributed by atoms with Gasteiger partial charge in [0.15, 0.2) is 0 Å². The molecule has 0 saturated heterocycles. The number of halogens is 3. The normalized spacial score (nSPS) is 14.6. The van der Waals surface area contributed by atoms with E-state index in [2.05, 4.69) is 4.98 Å². The number of nitrogens with two attached hydrogens (primary N) is 1. The molecule has 0 amide bonds. The number of hydrogen-bond acceptors (Lipinski definition) is 3. The summed E-state index contributed by atoms with van der Waals surface area (Å²) in [5.74, 6) is 0.255. The highest BCUT2D eigenvalue weighted by Crippen LogP contribution is 2.27. The molecule has 2 rings (SSSR count). The standard InChI is InChI=1S/C14H17F3N2OS/c15-14(16,17)6-3-7-20-13-10(12(18)21)8-9-4-1-2-5-11(9)19-13/h8H,1-7H2,(H2,18,21). The summed E-state index contributed by atoms with van der Waals surface area (Å²) >= 11 is 4.97. The van der Waals surface area contributed by atoms with Crippen LogP contribution in [0.2, 0.25) is 0 Å². The Balaban J connectivity index is 2.08. The van der Waals surface area contributed by atoms with E-state index in [9.17, 15) is 13.2 Å². The Morgan fingerprint density at radius 3 is 2.71 bits per heavy atom. The van der Waals surface area contributed by atoms with E-state index >= 15 is 0 Å². The molecule has 0 unspecified atom stereocenters. The Morgan fingerprint density at radius 1 is 1.33 bits per heavy atom. The molecule has 1 aromatic heterocycles. The van der Waals surface area contributed by atoms with Crippen LogP contribution in [0.25, 0.3) is 0 Å². The number of hydrogen-bond donors (Lipinski definition) is 1. The lowest BCUT2D eigenvalue weighted by Crippen LogP contribution is -2.17. The molecule has 0 spiro atoms. The van der Waals surface area contributed by atoms with Crippen LogP contribution in [0, 0.1) is 0 Å². The van der Waals surface area contributed by atoms with E-state index in [-0.39, 0.29) is 23.9 Å². The maximum Gasteiger partial charge on any atom is 0.389 e. The quantitative estimate of drug-likeness (QED) is 0.668. The molecule has 0 bridgehead atoms. The molecule has 0 radical (unpaired) electrons. The van der Waals surface area contributed by atoms with E-state index in [0.717, 1.165) is 36.9 Å². The maximum absolute atomic E-state index is 12.1. The predicted octanol–water partition coefficient (Wildman–Crippen LogP) is 3.32. The van der Waals surface area contributed by atoms with Crippen LogP contribution < -0.4 is 10.5 Å². The zero-order valence-corrected chi connectivity index (χ0v) is 12.3. The van der Waals surface area contributed by atoms with Crippen LogP contribution in [0.1, 0.15) is 42.5 Å². The van der Waals surface area contributed by atoms with Crippen molar-refractivity contribution in [1.82, 2.24) is 4.98 Å². The third-order valence-electron chi connectivity index (χ3n) is 3.37. The summed E-state index contributed by atoms with van der Waals surface area (Å²) in [6.45, 7) is -0.0547. The number of fused-ring (bicyclic) bond motifs is 1. The van der Waals surface area contributed by atoms with Gasteiger partial charge in [0.1, 0.15) is 4.99 Å². The van der Waals surface area contributed by atoms with Gasteiger partial charge in [0.05, 0.1) is 12.2 Å².